The number of allylic oxidation sites excluding steroid dienone is 1. The van der Waals surface area contributed by atoms with Crippen LogP contribution >= 0.6 is 0 Å². The zero-order valence-corrected chi connectivity index (χ0v) is 7.44. The highest BCUT2D eigenvalue weighted by Gasteiger charge is 2.27. The lowest BCUT2D eigenvalue weighted by molar-refractivity contribution is -0.0679. The minimum Gasteiger partial charge on any atom is -0.371 e. The van der Waals surface area contributed by atoms with Crippen molar-refractivity contribution in [3.63, 3.8) is 0 Å². The number of halogens is 2. The monoisotopic (exact) mass is 179 g/mol. The van der Waals surface area contributed by atoms with Gasteiger partial charge in [0.2, 0.25) is 0 Å². The Morgan fingerprint density at radius 3 is 2.67 bits per heavy atom. The summed E-state index contributed by atoms with van der Waals surface area (Å²) in [6.07, 6.45) is 3.45. The average Bonchev–Trinajstić information content (AvgIpc) is 1.98. The molecular weight excluding hydrogens is 164 g/mol. The molecule has 0 aliphatic heterocycles. The van der Waals surface area contributed by atoms with E-state index in [1.54, 1.807) is 12.2 Å². The Morgan fingerprint density at radius 1 is 1.50 bits per heavy atom. The highest BCUT2D eigenvalue weighted by atomic mass is 19.3. The zero-order valence-electron chi connectivity index (χ0n) is 7.44. The van der Waals surface area contributed by atoms with Crippen LogP contribution in [0, 0.1) is 0 Å². The molecule has 0 fully saturated rings. The molecule has 1 N–H and O–H groups in total. The molecule has 0 aromatic rings. The van der Waals surface area contributed by atoms with Gasteiger partial charge in [-0.2, -0.15) is 0 Å². The quantitative estimate of drug-likeness (QED) is 0.492. The van der Waals surface area contributed by atoms with E-state index in [9.17, 15) is 8.78 Å². The molecule has 0 heterocycles. The van der Waals surface area contributed by atoms with Crippen molar-refractivity contribution >= 4 is 0 Å². The van der Waals surface area contributed by atoms with E-state index in [-0.39, 0.29) is 13.2 Å². The van der Waals surface area contributed by atoms with Crippen molar-refractivity contribution in [3.05, 3.63) is 12.2 Å². The fraction of sp³-hybridized carbons (Fsp3) is 0.750. The Balaban J connectivity index is 3.46. The van der Waals surface area contributed by atoms with Crippen molar-refractivity contribution in [2.45, 2.75) is 12.8 Å². The number of ether oxygens (including phenoxy) is 1. The van der Waals surface area contributed by atoms with Crippen LogP contribution in [0.1, 0.15) is 6.92 Å². The third-order valence-electron chi connectivity index (χ3n) is 1.20. The van der Waals surface area contributed by atoms with Gasteiger partial charge in [0, 0.05) is 0 Å². The molecule has 12 heavy (non-hydrogen) atoms. The maximum Gasteiger partial charge on any atom is 0.283 e. The Morgan fingerprint density at radius 2 is 2.17 bits per heavy atom. The van der Waals surface area contributed by atoms with E-state index in [4.69, 9.17) is 4.74 Å². The molecule has 0 rings (SSSR count). The smallest absolute Gasteiger partial charge is 0.283 e. The predicted octanol–water partition coefficient (Wildman–Crippen LogP) is 1.43. The Kier molecular flexibility index (Phi) is 5.84. The first kappa shape index (κ1) is 11.5. The van der Waals surface area contributed by atoms with E-state index < -0.39 is 12.5 Å². The molecule has 0 amide bonds. The van der Waals surface area contributed by atoms with E-state index in [1.165, 1.54) is 7.05 Å². The van der Waals surface area contributed by atoms with Crippen LogP contribution in [0.2, 0.25) is 0 Å². The topological polar surface area (TPSA) is 21.3 Å². The van der Waals surface area contributed by atoms with Crippen molar-refractivity contribution in [3.8, 4) is 0 Å². The van der Waals surface area contributed by atoms with Gasteiger partial charge in [-0.25, -0.2) is 8.78 Å². The van der Waals surface area contributed by atoms with Crippen LogP contribution in [-0.4, -0.2) is 32.7 Å². The van der Waals surface area contributed by atoms with Gasteiger partial charge < -0.3 is 10.1 Å². The largest absolute Gasteiger partial charge is 0.371 e. The maximum atomic E-state index is 12.6. The first-order chi connectivity index (χ1) is 5.62. The minimum absolute atomic E-state index is 0.246. The number of alkyl halides is 2. The number of hydrogen-bond acceptors (Lipinski definition) is 2. The Bertz CT molecular complexity index is 137. The summed E-state index contributed by atoms with van der Waals surface area (Å²) in [5, 5.41) is 2.40. The molecule has 0 aliphatic rings. The summed E-state index contributed by atoms with van der Waals surface area (Å²) >= 11 is 0. The highest BCUT2D eigenvalue weighted by Crippen LogP contribution is 2.11. The van der Waals surface area contributed by atoms with Gasteiger partial charge in [-0.1, -0.05) is 12.2 Å². The maximum absolute atomic E-state index is 12.6. The van der Waals surface area contributed by atoms with Gasteiger partial charge in [-0.3, -0.25) is 0 Å². The lowest BCUT2D eigenvalue weighted by Gasteiger charge is -2.14. The molecule has 0 unspecified atom stereocenters. The lowest BCUT2D eigenvalue weighted by Crippen LogP contribution is -2.35. The van der Waals surface area contributed by atoms with E-state index in [2.05, 4.69) is 5.32 Å². The second-order valence-corrected chi connectivity index (χ2v) is 2.47. The van der Waals surface area contributed by atoms with Gasteiger partial charge in [0.05, 0.1) is 13.2 Å². The first-order valence-electron chi connectivity index (χ1n) is 3.83. The van der Waals surface area contributed by atoms with Crippen molar-refractivity contribution in [2.75, 3.05) is 26.8 Å². The molecule has 2 nitrogen and oxygen atoms in total. The highest BCUT2D eigenvalue weighted by molar-refractivity contribution is 4.77. The van der Waals surface area contributed by atoms with Crippen LogP contribution in [0.15, 0.2) is 12.2 Å². The fourth-order valence-electron chi connectivity index (χ4n) is 0.682. The third kappa shape index (κ3) is 6.24. The molecule has 72 valence electrons. The SMILES string of the molecule is C/C=C/COCC(F)(F)CNC. The molecule has 0 saturated heterocycles. The molecule has 0 aromatic carbocycles. The van der Waals surface area contributed by atoms with Gasteiger partial charge in [0.25, 0.3) is 5.92 Å². The van der Waals surface area contributed by atoms with Gasteiger partial charge in [0.15, 0.2) is 0 Å². The molecule has 0 saturated carbocycles. The molecule has 0 atom stereocenters. The van der Waals surface area contributed by atoms with E-state index in [0.717, 1.165) is 0 Å². The number of hydrogen-bond donors (Lipinski definition) is 1. The fourth-order valence-corrected chi connectivity index (χ4v) is 0.682. The summed E-state index contributed by atoms with van der Waals surface area (Å²) in [5.74, 6) is -2.77. The van der Waals surface area contributed by atoms with Crippen LogP contribution in [0.5, 0.6) is 0 Å². The normalized spacial score (nSPS) is 12.7. The molecule has 0 spiro atoms. The van der Waals surface area contributed by atoms with Crippen molar-refractivity contribution in [1.82, 2.24) is 5.32 Å². The molecule has 0 bridgehead atoms. The summed E-state index contributed by atoms with van der Waals surface area (Å²) in [6.45, 7) is 1.19. The van der Waals surface area contributed by atoms with E-state index >= 15 is 0 Å². The second kappa shape index (κ2) is 6.08. The minimum atomic E-state index is -2.77. The van der Waals surface area contributed by atoms with Crippen LogP contribution in [0.4, 0.5) is 8.78 Å². The van der Waals surface area contributed by atoms with Gasteiger partial charge in [0.1, 0.15) is 6.61 Å². The lowest BCUT2D eigenvalue weighted by atomic mass is 10.3. The van der Waals surface area contributed by atoms with Crippen LogP contribution in [0.25, 0.3) is 0 Å². The number of rotatable bonds is 6. The van der Waals surface area contributed by atoms with Crippen molar-refractivity contribution in [1.29, 1.82) is 0 Å². The van der Waals surface area contributed by atoms with Crippen molar-refractivity contribution in [2.24, 2.45) is 0 Å². The summed E-state index contributed by atoms with van der Waals surface area (Å²) < 4.78 is 30.0. The first-order valence-corrected chi connectivity index (χ1v) is 3.83. The molecule has 0 aromatic heterocycles. The van der Waals surface area contributed by atoms with Crippen molar-refractivity contribution < 1.29 is 13.5 Å². The standard InChI is InChI=1S/C8H15F2NO/c1-3-4-5-12-7-8(9,10)6-11-2/h3-4,11H,5-7H2,1-2H3/b4-3+. The molecule has 0 aliphatic carbocycles. The van der Waals surface area contributed by atoms with E-state index in [0.29, 0.717) is 0 Å². The molecule has 0 radical (unpaired) electrons. The van der Waals surface area contributed by atoms with Crippen LogP contribution in [0.3, 0.4) is 0 Å². The van der Waals surface area contributed by atoms with Crippen LogP contribution in [-0.2, 0) is 4.74 Å². The summed E-state index contributed by atoms with van der Waals surface area (Å²) in [6, 6.07) is 0. The summed E-state index contributed by atoms with van der Waals surface area (Å²) in [4.78, 5) is 0. The summed E-state index contributed by atoms with van der Waals surface area (Å²) in [7, 11) is 1.49. The third-order valence-corrected chi connectivity index (χ3v) is 1.20. The van der Waals surface area contributed by atoms with Gasteiger partial charge in [-0.05, 0) is 14.0 Å². The Labute approximate surface area is 71.6 Å². The number of nitrogens with one attached hydrogen (secondary N) is 1. The average molecular weight is 179 g/mol. The van der Waals surface area contributed by atoms with E-state index in [1.807, 2.05) is 6.92 Å². The zero-order chi connectivity index (χ0) is 9.45. The molecular formula is C8H15F2NO. The second-order valence-electron chi connectivity index (χ2n) is 2.47. The van der Waals surface area contributed by atoms with Gasteiger partial charge in [-0.15, -0.1) is 0 Å². The predicted molar refractivity (Wildman–Crippen MR) is 44.5 cm³/mol. The Hall–Kier alpha value is -0.480. The van der Waals surface area contributed by atoms with Crippen LogP contribution < -0.4 is 5.32 Å². The molecule has 4 heteroatoms. The summed E-state index contributed by atoms with van der Waals surface area (Å²) in [5.41, 5.74) is 0. The van der Waals surface area contributed by atoms with Gasteiger partial charge >= 0.3 is 0 Å².